The molecule has 3 aromatic rings. The molecule has 2 aromatic heterocycles. The molecule has 10 heteroatoms. The molecule has 0 spiro atoms. The summed E-state index contributed by atoms with van der Waals surface area (Å²) in [5, 5.41) is 11.0. The maximum Gasteiger partial charge on any atom is 0.269 e. The highest BCUT2D eigenvalue weighted by Crippen LogP contribution is 2.25. The molecule has 1 amide bonds. The lowest BCUT2D eigenvalue weighted by atomic mass is 10.1. The number of piperazine rings is 1. The van der Waals surface area contributed by atoms with Crippen LogP contribution in [0.15, 0.2) is 39.8 Å². The normalized spacial score (nSPS) is 14.4. The van der Waals surface area contributed by atoms with Crippen molar-refractivity contribution in [3.63, 3.8) is 0 Å². The number of fused-ring (bicyclic) bond motifs is 1. The molecule has 1 aliphatic heterocycles. The van der Waals surface area contributed by atoms with Crippen LogP contribution in [-0.2, 0) is 7.05 Å². The van der Waals surface area contributed by atoms with E-state index in [2.05, 4.69) is 9.88 Å². The van der Waals surface area contributed by atoms with Gasteiger partial charge in [0.25, 0.3) is 17.2 Å². The fourth-order valence-electron chi connectivity index (χ4n) is 3.56. The van der Waals surface area contributed by atoms with Gasteiger partial charge in [-0.15, -0.1) is 0 Å². The molecule has 1 saturated heterocycles. The third-order valence-corrected chi connectivity index (χ3v) is 5.15. The number of furan rings is 1. The summed E-state index contributed by atoms with van der Waals surface area (Å²) in [5.74, 6) is 0.119. The van der Waals surface area contributed by atoms with Crippen molar-refractivity contribution in [3.8, 4) is 0 Å². The van der Waals surface area contributed by atoms with Crippen molar-refractivity contribution >= 4 is 28.4 Å². The van der Waals surface area contributed by atoms with E-state index in [1.54, 1.807) is 31.0 Å². The highest BCUT2D eigenvalue weighted by Gasteiger charge is 2.29. The number of anilines is 1. The Balaban J connectivity index is 1.53. The lowest BCUT2D eigenvalue weighted by molar-refractivity contribution is -0.384. The first-order valence-electron chi connectivity index (χ1n) is 9.10. The van der Waals surface area contributed by atoms with Crippen LogP contribution in [0.25, 0.3) is 11.1 Å². The van der Waals surface area contributed by atoms with Crippen molar-refractivity contribution < 1.29 is 14.1 Å². The van der Waals surface area contributed by atoms with Crippen LogP contribution in [0.4, 0.5) is 11.4 Å². The van der Waals surface area contributed by atoms with Gasteiger partial charge in [-0.1, -0.05) is 0 Å². The van der Waals surface area contributed by atoms with Gasteiger partial charge in [0.2, 0.25) is 5.71 Å². The Bertz CT molecular complexity index is 1160. The van der Waals surface area contributed by atoms with Crippen LogP contribution >= 0.6 is 0 Å². The van der Waals surface area contributed by atoms with Gasteiger partial charge >= 0.3 is 0 Å². The zero-order valence-corrected chi connectivity index (χ0v) is 16.0. The summed E-state index contributed by atoms with van der Waals surface area (Å²) in [4.78, 5) is 43.8. The molecule has 0 aliphatic carbocycles. The fourth-order valence-corrected chi connectivity index (χ4v) is 3.56. The number of aryl methyl sites for hydroxylation is 2. The van der Waals surface area contributed by atoms with E-state index in [9.17, 15) is 19.7 Å². The second kappa shape index (κ2) is 7.04. The Labute approximate surface area is 165 Å². The molecular formula is C19H19N5O5. The lowest BCUT2D eigenvalue weighted by Gasteiger charge is -2.36. The van der Waals surface area contributed by atoms with E-state index >= 15 is 0 Å². The first kappa shape index (κ1) is 18.7. The van der Waals surface area contributed by atoms with Gasteiger partial charge in [0.1, 0.15) is 17.5 Å². The molecule has 0 radical (unpaired) electrons. The topological polar surface area (TPSA) is 115 Å². The van der Waals surface area contributed by atoms with Crippen LogP contribution < -0.4 is 10.5 Å². The predicted octanol–water partition coefficient (Wildman–Crippen LogP) is 1.71. The SMILES string of the molecule is Cc1oc2ncn(C)c(=O)c2c1C(=O)N1CCN(c2ccc([N+](=O)[O-])cc2)CC1. The molecule has 4 rings (SSSR count). The lowest BCUT2D eigenvalue weighted by Crippen LogP contribution is -2.49. The van der Waals surface area contributed by atoms with Crippen LogP contribution in [0.5, 0.6) is 0 Å². The summed E-state index contributed by atoms with van der Waals surface area (Å²) in [5.41, 5.74) is 1.02. The average Bonchev–Trinajstić information content (AvgIpc) is 3.07. The first-order chi connectivity index (χ1) is 13.9. The van der Waals surface area contributed by atoms with Crippen molar-refractivity contribution in [2.45, 2.75) is 6.92 Å². The molecule has 150 valence electrons. The number of nitrogens with zero attached hydrogens (tertiary/aromatic N) is 5. The zero-order chi connectivity index (χ0) is 20.7. The van der Waals surface area contributed by atoms with E-state index in [1.807, 2.05) is 0 Å². The van der Waals surface area contributed by atoms with Gasteiger partial charge in [0.05, 0.1) is 10.5 Å². The number of amides is 1. The van der Waals surface area contributed by atoms with Crippen molar-refractivity contribution in [2.75, 3.05) is 31.1 Å². The Morgan fingerprint density at radius 3 is 2.45 bits per heavy atom. The number of nitro groups is 1. The number of hydrogen-bond donors (Lipinski definition) is 0. The quantitative estimate of drug-likeness (QED) is 0.488. The van der Waals surface area contributed by atoms with Crippen LogP contribution in [0.1, 0.15) is 16.1 Å². The van der Waals surface area contributed by atoms with E-state index in [-0.39, 0.29) is 33.8 Å². The van der Waals surface area contributed by atoms with Gasteiger partial charge in [0, 0.05) is 51.0 Å². The summed E-state index contributed by atoms with van der Waals surface area (Å²) in [6.45, 7) is 3.73. The first-order valence-corrected chi connectivity index (χ1v) is 9.10. The van der Waals surface area contributed by atoms with E-state index < -0.39 is 4.92 Å². The molecule has 1 fully saturated rings. The minimum Gasteiger partial charge on any atom is -0.442 e. The van der Waals surface area contributed by atoms with Crippen LogP contribution in [-0.4, -0.2) is 51.5 Å². The highest BCUT2D eigenvalue weighted by molar-refractivity contribution is 6.06. The summed E-state index contributed by atoms with van der Waals surface area (Å²) in [7, 11) is 1.58. The van der Waals surface area contributed by atoms with Crippen molar-refractivity contribution in [1.29, 1.82) is 0 Å². The Kier molecular flexibility index (Phi) is 4.53. The number of carbonyl (C=O) groups is 1. The monoisotopic (exact) mass is 397 g/mol. The van der Waals surface area contributed by atoms with Crippen molar-refractivity contribution in [3.05, 3.63) is 62.4 Å². The van der Waals surface area contributed by atoms with E-state index in [0.717, 1.165) is 5.69 Å². The molecule has 0 saturated carbocycles. The van der Waals surface area contributed by atoms with Gasteiger partial charge < -0.3 is 18.8 Å². The number of hydrogen-bond acceptors (Lipinski definition) is 7. The molecule has 29 heavy (non-hydrogen) atoms. The molecule has 1 aromatic carbocycles. The van der Waals surface area contributed by atoms with Crippen LogP contribution in [0.3, 0.4) is 0 Å². The van der Waals surface area contributed by atoms with Gasteiger partial charge in [-0.25, -0.2) is 4.98 Å². The Hall–Kier alpha value is -3.69. The number of non-ortho nitro benzene ring substituents is 1. The third kappa shape index (κ3) is 3.22. The summed E-state index contributed by atoms with van der Waals surface area (Å²) < 4.78 is 6.85. The van der Waals surface area contributed by atoms with Gasteiger partial charge in [0.15, 0.2) is 0 Å². The number of rotatable bonds is 3. The third-order valence-electron chi connectivity index (χ3n) is 5.15. The van der Waals surface area contributed by atoms with E-state index in [4.69, 9.17) is 4.42 Å². The second-order valence-electron chi connectivity index (χ2n) is 6.93. The maximum absolute atomic E-state index is 13.1. The highest BCUT2D eigenvalue weighted by atomic mass is 16.6. The van der Waals surface area contributed by atoms with Gasteiger partial charge in [-0.05, 0) is 19.1 Å². The molecule has 0 bridgehead atoms. The van der Waals surface area contributed by atoms with Crippen LogP contribution in [0.2, 0.25) is 0 Å². The molecule has 0 N–H and O–H groups in total. The smallest absolute Gasteiger partial charge is 0.269 e. The summed E-state index contributed by atoms with van der Waals surface area (Å²) >= 11 is 0. The standard InChI is InChI=1S/C19H19N5O5/c1-12-15(16-17(29-12)20-11-21(2)18(16)25)19(26)23-9-7-22(8-10-23)13-3-5-14(6-4-13)24(27)28/h3-6,11H,7-10H2,1-2H3. The minimum absolute atomic E-state index is 0.0417. The van der Waals surface area contributed by atoms with E-state index in [0.29, 0.717) is 31.9 Å². The molecule has 10 nitrogen and oxygen atoms in total. The summed E-state index contributed by atoms with van der Waals surface area (Å²) in [6, 6.07) is 6.35. The predicted molar refractivity (Wildman–Crippen MR) is 105 cm³/mol. The zero-order valence-electron chi connectivity index (χ0n) is 16.0. The van der Waals surface area contributed by atoms with Crippen LogP contribution in [0, 0.1) is 17.0 Å². The molecule has 0 atom stereocenters. The number of nitro benzene ring substituents is 1. The fraction of sp³-hybridized carbons (Fsp3) is 0.316. The molecule has 3 heterocycles. The van der Waals surface area contributed by atoms with Crippen molar-refractivity contribution in [2.24, 2.45) is 7.05 Å². The van der Waals surface area contributed by atoms with Crippen molar-refractivity contribution in [1.82, 2.24) is 14.5 Å². The van der Waals surface area contributed by atoms with Gasteiger partial charge in [-0.3, -0.25) is 19.7 Å². The largest absolute Gasteiger partial charge is 0.442 e. The number of benzene rings is 1. The Morgan fingerprint density at radius 1 is 1.17 bits per heavy atom. The second-order valence-corrected chi connectivity index (χ2v) is 6.93. The average molecular weight is 397 g/mol. The minimum atomic E-state index is -0.433. The number of aromatic nitrogens is 2. The molecule has 1 aliphatic rings. The van der Waals surface area contributed by atoms with E-state index in [1.165, 1.54) is 23.0 Å². The Morgan fingerprint density at radius 2 is 1.83 bits per heavy atom. The van der Waals surface area contributed by atoms with Gasteiger partial charge in [-0.2, -0.15) is 0 Å². The molecular weight excluding hydrogens is 378 g/mol. The molecule has 0 unspecified atom stereocenters. The maximum atomic E-state index is 13.1. The number of carbonyl (C=O) groups excluding carboxylic acids is 1. The summed E-state index contributed by atoms with van der Waals surface area (Å²) in [6.07, 6.45) is 1.37.